The lowest BCUT2D eigenvalue weighted by Gasteiger charge is -2.12. The Morgan fingerprint density at radius 3 is 2.57 bits per heavy atom. The van der Waals surface area contributed by atoms with Gasteiger partial charge >= 0.3 is 0 Å². The van der Waals surface area contributed by atoms with Crippen LogP contribution < -0.4 is 5.32 Å². The Balaban J connectivity index is 1.59. The first-order valence-corrected chi connectivity index (χ1v) is 8.40. The highest BCUT2D eigenvalue weighted by molar-refractivity contribution is 5.40. The lowest BCUT2D eigenvalue weighted by Crippen LogP contribution is -2.27. The van der Waals surface area contributed by atoms with Gasteiger partial charge in [-0.15, -0.1) is 0 Å². The van der Waals surface area contributed by atoms with Gasteiger partial charge in [-0.1, -0.05) is 60.4 Å². The monoisotopic (exact) mass is 304 g/mol. The van der Waals surface area contributed by atoms with Crippen molar-refractivity contribution in [3.63, 3.8) is 0 Å². The minimum absolute atomic E-state index is 0.305. The van der Waals surface area contributed by atoms with Crippen molar-refractivity contribution in [3.8, 4) is 11.8 Å². The summed E-state index contributed by atoms with van der Waals surface area (Å²) in [7, 11) is 0. The molecule has 0 aliphatic carbocycles. The number of benzene rings is 2. The van der Waals surface area contributed by atoms with E-state index < -0.39 is 0 Å². The molecular weight excluding hydrogens is 278 g/mol. The van der Waals surface area contributed by atoms with Gasteiger partial charge in [0.15, 0.2) is 0 Å². The second kappa shape index (κ2) is 9.87. The molecule has 1 nitrogen and oxygen atoms in total. The average Bonchev–Trinajstić information content (AvgIpc) is 2.58. The molecule has 2 aromatic rings. The van der Waals surface area contributed by atoms with Crippen LogP contribution in [0.4, 0.5) is 0 Å². The van der Waals surface area contributed by atoms with Gasteiger partial charge in [0, 0.05) is 18.0 Å². The summed E-state index contributed by atoms with van der Waals surface area (Å²) >= 11 is 0. The van der Waals surface area contributed by atoms with Crippen LogP contribution in [0, 0.1) is 25.7 Å². The van der Waals surface area contributed by atoms with Gasteiger partial charge in [-0.2, -0.15) is 0 Å². The van der Waals surface area contributed by atoms with E-state index in [0.717, 1.165) is 37.8 Å². The van der Waals surface area contributed by atoms with Crippen LogP contribution >= 0.6 is 0 Å². The fraction of sp³-hybridized carbons (Fsp3) is 0.318. The molecule has 1 radical (unpaired) electrons. The lowest BCUT2D eigenvalue weighted by atomic mass is 10.1. The molecule has 0 fully saturated rings. The molecule has 0 heterocycles. The number of aryl methyl sites for hydroxylation is 2. The third kappa shape index (κ3) is 6.72. The molecule has 0 amide bonds. The van der Waals surface area contributed by atoms with Crippen molar-refractivity contribution in [3.05, 3.63) is 78.2 Å². The van der Waals surface area contributed by atoms with Gasteiger partial charge in [0.1, 0.15) is 0 Å². The third-order valence-corrected chi connectivity index (χ3v) is 3.90. The summed E-state index contributed by atoms with van der Waals surface area (Å²) in [6.45, 7) is 7.26. The Bertz CT molecular complexity index is 634. The summed E-state index contributed by atoms with van der Waals surface area (Å²) in [5.41, 5.74) is 3.77. The summed E-state index contributed by atoms with van der Waals surface area (Å²) < 4.78 is 0. The molecule has 1 N–H and O–H groups in total. The van der Waals surface area contributed by atoms with Crippen molar-refractivity contribution in [2.24, 2.45) is 0 Å². The molecule has 0 aliphatic rings. The maximum absolute atomic E-state index is 4.18. The van der Waals surface area contributed by atoms with E-state index in [1.54, 1.807) is 0 Å². The molecule has 2 rings (SSSR count). The van der Waals surface area contributed by atoms with Crippen LogP contribution in [0.1, 0.15) is 36.0 Å². The van der Waals surface area contributed by atoms with Crippen LogP contribution in [0.25, 0.3) is 0 Å². The predicted octanol–water partition coefficient (Wildman–Crippen LogP) is 4.55. The minimum Gasteiger partial charge on any atom is -0.314 e. The van der Waals surface area contributed by atoms with Crippen molar-refractivity contribution in [1.29, 1.82) is 0 Å². The fourth-order valence-electron chi connectivity index (χ4n) is 2.44. The molecule has 1 unspecified atom stereocenters. The minimum atomic E-state index is 0.305. The summed E-state index contributed by atoms with van der Waals surface area (Å²) in [6.07, 6.45) is 4.14. The van der Waals surface area contributed by atoms with Gasteiger partial charge in [0.05, 0.1) is 0 Å². The van der Waals surface area contributed by atoms with Gasteiger partial charge in [-0.25, -0.2) is 0 Å². The molecule has 0 bridgehead atoms. The van der Waals surface area contributed by atoms with E-state index in [9.17, 15) is 0 Å². The maximum Gasteiger partial charge on any atom is 0.0274 e. The largest absolute Gasteiger partial charge is 0.314 e. The molecule has 119 valence electrons. The standard InChI is InChI=1S/C22H26N/c1-19-11-8-9-15-22(19)14-7-4-10-18-23-20(2)16-17-21-12-5-3-6-13-21/h3,5-6,8-9,11-13,15,20,23H,2,4,10,16-18H2,1H3. The van der Waals surface area contributed by atoms with Crippen molar-refractivity contribution >= 4 is 0 Å². The van der Waals surface area contributed by atoms with E-state index in [1.807, 2.05) is 12.1 Å². The van der Waals surface area contributed by atoms with Crippen molar-refractivity contribution in [2.45, 2.75) is 38.6 Å². The van der Waals surface area contributed by atoms with E-state index in [-0.39, 0.29) is 0 Å². The highest BCUT2D eigenvalue weighted by Crippen LogP contribution is 2.05. The SMILES string of the molecule is [CH2]C(CCc1ccccc1)NCCCC#Cc1ccccc1C. The van der Waals surface area contributed by atoms with Crippen LogP contribution in [-0.4, -0.2) is 12.6 Å². The second-order valence-electron chi connectivity index (χ2n) is 5.90. The van der Waals surface area contributed by atoms with Gasteiger partial charge in [-0.3, -0.25) is 0 Å². The molecule has 1 heteroatoms. The van der Waals surface area contributed by atoms with Gasteiger partial charge in [-0.05, 0) is 56.8 Å². The first-order chi connectivity index (χ1) is 11.3. The maximum atomic E-state index is 4.18. The van der Waals surface area contributed by atoms with Crippen LogP contribution in [0.5, 0.6) is 0 Å². The Labute approximate surface area is 141 Å². The first-order valence-electron chi connectivity index (χ1n) is 8.40. The molecule has 0 saturated carbocycles. The smallest absolute Gasteiger partial charge is 0.0274 e. The molecule has 0 saturated heterocycles. The molecule has 1 atom stereocenters. The zero-order chi connectivity index (χ0) is 16.3. The Hall–Kier alpha value is -2.04. The van der Waals surface area contributed by atoms with Crippen LogP contribution in [0.15, 0.2) is 54.6 Å². The third-order valence-electron chi connectivity index (χ3n) is 3.90. The van der Waals surface area contributed by atoms with E-state index in [4.69, 9.17) is 0 Å². The van der Waals surface area contributed by atoms with E-state index in [1.165, 1.54) is 11.1 Å². The van der Waals surface area contributed by atoms with Gasteiger partial charge in [0.25, 0.3) is 0 Å². The average molecular weight is 304 g/mol. The van der Waals surface area contributed by atoms with Gasteiger partial charge < -0.3 is 5.32 Å². The molecular formula is C22H26N. The highest BCUT2D eigenvalue weighted by atomic mass is 14.9. The number of unbranched alkanes of at least 4 members (excludes halogenated alkanes) is 1. The Morgan fingerprint density at radius 2 is 1.78 bits per heavy atom. The van der Waals surface area contributed by atoms with Crippen LogP contribution in [0.3, 0.4) is 0 Å². The number of rotatable bonds is 7. The molecule has 0 spiro atoms. The van der Waals surface area contributed by atoms with Gasteiger partial charge in [0.2, 0.25) is 0 Å². The van der Waals surface area contributed by atoms with E-state index in [2.05, 4.69) is 73.5 Å². The lowest BCUT2D eigenvalue weighted by molar-refractivity contribution is 0.544. The topological polar surface area (TPSA) is 12.0 Å². The zero-order valence-electron chi connectivity index (χ0n) is 14.0. The summed E-state index contributed by atoms with van der Waals surface area (Å²) in [4.78, 5) is 0. The molecule has 23 heavy (non-hydrogen) atoms. The molecule has 0 aromatic heterocycles. The van der Waals surface area contributed by atoms with Crippen molar-refractivity contribution < 1.29 is 0 Å². The number of nitrogens with one attached hydrogen (secondary N) is 1. The normalized spacial score (nSPS) is 11.6. The summed E-state index contributed by atoms with van der Waals surface area (Å²) in [5.74, 6) is 6.52. The highest BCUT2D eigenvalue weighted by Gasteiger charge is 2.01. The summed E-state index contributed by atoms with van der Waals surface area (Å²) in [6, 6.07) is 19.2. The Kier molecular flexibility index (Phi) is 7.43. The van der Waals surface area contributed by atoms with Crippen LogP contribution in [-0.2, 0) is 6.42 Å². The fourth-order valence-corrected chi connectivity index (χ4v) is 2.44. The van der Waals surface area contributed by atoms with Crippen molar-refractivity contribution in [1.82, 2.24) is 5.32 Å². The zero-order valence-corrected chi connectivity index (χ0v) is 14.0. The van der Waals surface area contributed by atoms with Crippen molar-refractivity contribution in [2.75, 3.05) is 6.54 Å². The summed E-state index contributed by atoms with van der Waals surface area (Å²) in [5, 5.41) is 3.48. The molecule has 2 aromatic carbocycles. The Morgan fingerprint density at radius 1 is 1.04 bits per heavy atom. The first kappa shape index (κ1) is 17.3. The number of hydrogen-bond acceptors (Lipinski definition) is 1. The quantitative estimate of drug-likeness (QED) is 0.584. The second-order valence-corrected chi connectivity index (χ2v) is 5.90. The van der Waals surface area contributed by atoms with E-state index >= 15 is 0 Å². The number of hydrogen-bond donors (Lipinski definition) is 1. The predicted molar refractivity (Wildman–Crippen MR) is 99.2 cm³/mol. The molecule has 0 aliphatic heterocycles. The van der Waals surface area contributed by atoms with Crippen LogP contribution in [0.2, 0.25) is 0 Å². The van der Waals surface area contributed by atoms with E-state index in [0.29, 0.717) is 6.04 Å².